The number of hydrogen-bond donors (Lipinski definition) is 2. The van der Waals surface area contributed by atoms with Crippen molar-refractivity contribution in [1.29, 1.82) is 0 Å². The van der Waals surface area contributed by atoms with Crippen LogP contribution in [-0.2, 0) is 26.0 Å². The smallest absolute Gasteiger partial charge is 0.248 e. The number of sulfonamides is 1. The third-order valence-corrected chi connectivity index (χ3v) is 12.3. The Balaban J connectivity index is 1.43. The molecular weight excluding hydrogens is 681 g/mol. The predicted molar refractivity (Wildman–Crippen MR) is 202 cm³/mol. The van der Waals surface area contributed by atoms with Crippen LogP contribution in [-0.4, -0.2) is 70.0 Å². The molecule has 2 N–H and O–H groups in total. The number of carbonyl (C=O) groups excluding carboxylic acids is 2. The zero-order valence-electron chi connectivity index (χ0n) is 30.5. The standard InChI is InChI=1S/C40H50N4O7S/c1-27-11-10-22-43(26-27)52(47,48)32-19-17-31(18-20-32)44(37(45)21-16-28-25-41-34-15-9-8-14-33(28)34)38(40(46)42-30-12-6-5-7-13-30)29-23-35(49-2)39(51-4)36(24-29)50-3/h8-9,14-15,17-20,23-25,27,30,38,41H,5-7,10-13,16,21-22,26H2,1-4H3,(H,42,46)/t27-,38-/m0/s1. The maximum absolute atomic E-state index is 14.7. The summed E-state index contributed by atoms with van der Waals surface area (Å²) in [5.41, 5.74) is 2.82. The summed E-state index contributed by atoms with van der Waals surface area (Å²) >= 11 is 0. The Labute approximate surface area is 306 Å². The lowest BCUT2D eigenvalue weighted by Gasteiger charge is -2.34. The number of ether oxygens (including phenoxy) is 3. The monoisotopic (exact) mass is 730 g/mol. The van der Waals surface area contributed by atoms with Crippen molar-refractivity contribution in [3.05, 3.63) is 78.0 Å². The van der Waals surface area contributed by atoms with Crippen LogP contribution in [0.4, 0.5) is 5.69 Å². The molecule has 2 aliphatic rings. The first-order valence-corrected chi connectivity index (χ1v) is 19.7. The molecule has 52 heavy (non-hydrogen) atoms. The van der Waals surface area contributed by atoms with E-state index >= 15 is 0 Å². The SMILES string of the molecule is COc1cc([C@@H](C(=O)NC2CCCCC2)N(C(=O)CCc2c[nH]c3ccccc23)c2ccc(S(=O)(=O)N3CCC[C@H](C)C3)cc2)cc(OC)c1OC. The molecule has 0 radical (unpaired) electrons. The number of nitrogens with one attached hydrogen (secondary N) is 2. The minimum atomic E-state index is -3.75. The predicted octanol–water partition coefficient (Wildman–Crippen LogP) is 6.77. The topological polar surface area (TPSA) is 130 Å². The lowest BCUT2D eigenvalue weighted by atomic mass is 9.94. The number of para-hydroxylation sites is 1. The van der Waals surface area contributed by atoms with Crippen molar-refractivity contribution >= 4 is 38.4 Å². The van der Waals surface area contributed by atoms with Gasteiger partial charge in [-0.25, -0.2) is 8.42 Å². The summed E-state index contributed by atoms with van der Waals surface area (Å²) in [7, 11) is 0.765. The van der Waals surface area contributed by atoms with Crippen molar-refractivity contribution in [3.8, 4) is 17.2 Å². The fourth-order valence-electron chi connectivity index (χ4n) is 7.63. The van der Waals surface area contributed by atoms with E-state index in [1.54, 1.807) is 24.3 Å². The Kier molecular flexibility index (Phi) is 11.7. The van der Waals surface area contributed by atoms with Gasteiger partial charge in [-0.05, 0) is 91.6 Å². The lowest BCUT2D eigenvalue weighted by molar-refractivity contribution is -0.127. The minimum Gasteiger partial charge on any atom is -0.493 e. The number of rotatable bonds is 13. The molecule has 2 fully saturated rings. The van der Waals surface area contributed by atoms with Gasteiger partial charge in [0.25, 0.3) is 0 Å². The van der Waals surface area contributed by atoms with Crippen molar-refractivity contribution in [2.24, 2.45) is 5.92 Å². The van der Waals surface area contributed by atoms with E-state index in [2.05, 4.69) is 17.2 Å². The highest BCUT2D eigenvalue weighted by molar-refractivity contribution is 7.89. The molecule has 0 spiro atoms. The molecule has 1 aromatic heterocycles. The quantitative estimate of drug-likeness (QED) is 0.155. The van der Waals surface area contributed by atoms with Crippen LogP contribution in [0.2, 0.25) is 0 Å². The summed E-state index contributed by atoms with van der Waals surface area (Å²) in [6.07, 6.45) is 9.07. The molecule has 2 atom stereocenters. The number of H-pyrrole nitrogens is 1. The van der Waals surface area contributed by atoms with E-state index in [0.717, 1.165) is 61.4 Å². The fourth-order valence-corrected chi connectivity index (χ4v) is 9.23. The van der Waals surface area contributed by atoms with E-state index in [-0.39, 0.29) is 35.1 Å². The number of hydrogen-bond acceptors (Lipinski definition) is 7. The largest absolute Gasteiger partial charge is 0.493 e. The molecule has 3 aromatic carbocycles. The minimum absolute atomic E-state index is 0.0339. The first-order valence-electron chi connectivity index (χ1n) is 18.2. The van der Waals surface area contributed by atoms with Gasteiger partial charge < -0.3 is 24.5 Å². The number of fused-ring (bicyclic) bond motifs is 1. The number of aryl methyl sites for hydroxylation is 1. The zero-order valence-corrected chi connectivity index (χ0v) is 31.3. The highest BCUT2D eigenvalue weighted by Gasteiger charge is 2.36. The van der Waals surface area contributed by atoms with Gasteiger partial charge in [-0.3, -0.25) is 14.5 Å². The average Bonchev–Trinajstić information content (AvgIpc) is 3.58. The van der Waals surface area contributed by atoms with Gasteiger partial charge in [0.15, 0.2) is 11.5 Å². The average molecular weight is 731 g/mol. The molecule has 0 unspecified atom stereocenters. The van der Waals surface area contributed by atoms with E-state index < -0.39 is 16.1 Å². The van der Waals surface area contributed by atoms with Crippen molar-refractivity contribution in [3.63, 3.8) is 0 Å². The molecule has 1 aliphatic heterocycles. The van der Waals surface area contributed by atoms with E-state index in [1.165, 1.54) is 42.7 Å². The second-order valence-corrected chi connectivity index (χ2v) is 15.9. The van der Waals surface area contributed by atoms with Crippen molar-refractivity contribution in [2.45, 2.75) is 81.7 Å². The summed E-state index contributed by atoms with van der Waals surface area (Å²) in [6.45, 7) is 3.00. The van der Waals surface area contributed by atoms with Crippen molar-refractivity contribution < 1.29 is 32.2 Å². The van der Waals surface area contributed by atoms with Gasteiger partial charge in [0.1, 0.15) is 6.04 Å². The second kappa shape index (κ2) is 16.4. The molecule has 4 aromatic rings. The number of anilines is 1. The van der Waals surface area contributed by atoms with Gasteiger partial charge in [-0.1, -0.05) is 44.4 Å². The molecule has 1 aliphatic carbocycles. The van der Waals surface area contributed by atoms with Gasteiger partial charge in [0.05, 0.1) is 26.2 Å². The molecule has 278 valence electrons. The van der Waals surface area contributed by atoms with E-state index in [4.69, 9.17) is 14.2 Å². The maximum Gasteiger partial charge on any atom is 0.248 e. The van der Waals surface area contributed by atoms with Crippen LogP contribution in [0.15, 0.2) is 71.8 Å². The van der Waals surface area contributed by atoms with Crippen LogP contribution in [0.3, 0.4) is 0 Å². The highest BCUT2D eigenvalue weighted by atomic mass is 32.2. The number of aromatic amines is 1. The molecule has 1 saturated heterocycles. The Morgan fingerprint density at radius 3 is 2.27 bits per heavy atom. The van der Waals surface area contributed by atoms with Crippen LogP contribution in [0.5, 0.6) is 17.2 Å². The Bertz CT molecular complexity index is 1950. The number of benzene rings is 3. The molecule has 1 saturated carbocycles. The second-order valence-electron chi connectivity index (χ2n) is 13.9. The van der Waals surface area contributed by atoms with Crippen molar-refractivity contribution in [1.82, 2.24) is 14.6 Å². The number of carbonyl (C=O) groups is 2. The van der Waals surface area contributed by atoms with Crippen LogP contribution < -0.4 is 24.4 Å². The van der Waals surface area contributed by atoms with E-state index in [1.807, 2.05) is 30.5 Å². The third-order valence-electron chi connectivity index (χ3n) is 10.4. The normalized spacial score (nSPS) is 17.7. The van der Waals surface area contributed by atoms with E-state index in [0.29, 0.717) is 48.0 Å². The molecule has 2 amide bonds. The maximum atomic E-state index is 14.7. The number of methoxy groups -OCH3 is 3. The first-order chi connectivity index (χ1) is 25.1. The van der Waals surface area contributed by atoms with Gasteiger partial charge in [0, 0.05) is 48.3 Å². The molecule has 11 nitrogen and oxygen atoms in total. The lowest BCUT2D eigenvalue weighted by Crippen LogP contribution is -2.47. The van der Waals surface area contributed by atoms with Gasteiger partial charge in [-0.15, -0.1) is 0 Å². The molecule has 2 heterocycles. The fraction of sp³-hybridized carbons (Fsp3) is 0.450. The zero-order chi connectivity index (χ0) is 36.8. The first kappa shape index (κ1) is 37.2. The number of piperidine rings is 1. The van der Waals surface area contributed by atoms with Crippen LogP contribution in [0.1, 0.15) is 75.5 Å². The molecular formula is C40H50N4O7S. The summed E-state index contributed by atoms with van der Waals surface area (Å²) in [6, 6.07) is 16.5. The molecule has 0 bridgehead atoms. The van der Waals surface area contributed by atoms with E-state index in [9.17, 15) is 18.0 Å². The van der Waals surface area contributed by atoms with Gasteiger partial charge >= 0.3 is 0 Å². The third kappa shape index (κ3) is 7.92. The molecule has 6 rings (SSSR count). The number of amides is 2. The highest BCUT2D eigenvalue weighted by Crippen LogP contribution is 2.42. The summed E-state index contributed by atoms with van der Waals surface area (Å²) < 4.78 is 45.9. The summed E-state index contributed by atoms with van der Waals surface area (Å²) in [5.74, 6) is 0.671. The Morgan fingerprint density at radius 2 is 1.62 bits per heavy atom. The summed E-state index contributed by atoms with van der Waals surface area (Å²) in [4.78, 5) is 34.3. The molecule has 12 heteroatoms. The number of aromatic nitrogens is 1. The Hall–Kier alpha value is -4.55. The van der Waals surface area contributed by atoms with Gasteiger partial charge in [-0.2, -0.15) is 4.31 Å². The van der Waals surface area contributed by atoms with Gasteiger partial charge in [0.2, 0.25) is 27.6 Å². The van der Waals surface area contributed by atoms with Crippen LogP contribution in [0, 0.1) is 5.92 Å². The Morgan fingerprint density at radius 1 is 0.923 bits per heavy atom. The van der Waals surface area contributed by atoms with Crippen LogP contribution >= 0.6 is 0 Å². The number of nitrogens with zero attached hydrogens (tertiary/aromatic N) is 2. The van der Waals surface area contributed by atoms with Crippen LogP contribution in [0.25, 0.3) is 10.9 Å². The summed E-state index contributed by atoms with van der Waals surface area (Å²) in [5, 5.41) is 4.28. The van der Waals surface area contributed by atoms with Crippen molar-refractivity contribution in [2.75, 3.05) is 39.3 Å².